The number of anilines is 1. The molecular weight excluding hydrogens is 228 g/mol. The van der Waals surface area contributed by atoms with E-state index >= 15 is 0 Å². The number of halogens is 1. The van der Waals surface area contributed by atoms with E-state index in [0.717, 1.165) is 12.0 Å². The summed E-state index contributed by atoms with van der Waals surface area (Å²) in [5.74, 6) is -0.0296. The summed E-state index contributed by atoms with van der Waals surface area (Å²) in [6.07, 6.45) is 0.758. The summed E-state index contributed by atoms with van der Waals surface area (Å²) in [5.41, 5.74) is 1.27. The van der Waals surface area contributed by atoms with E-state index in [-0.39, 0.29) is 12.5 Å². The van der Waals surface area contributed by atoms with Crippen LogP contribution < -0.4 is 10.2 Å². The van der Waals surface area contributed by atoms with Crippen molar-refractivity contribution in [1.82, 2.24) is 5.32 Å². The van der Waals surface area contributed by atoms with Gasteiger partial charge in [-0.3, -0.25) is 9.59 Å². The lowest BCUT2D eigenvalue weighted by atomic mass is 10.1. The van der Waals surface area contributed by atoms with Gasteiger partial charge in [0.15, 0.2) is 6.29 Å². The Hall–Kier alpha value is -1.55. The first-order valence-corrected chi connectivity index (χ1v) is 5.35. The number of benzene rings is 1. The van der Waals surface area contributed by atoms with Crippen LogP contribution in [0.2, 0.25) is 5.02 Å². The monoisotopic (exact) mass is 238 g/mol. The molecule has 1 N–H and O–H groups in total. The van der Waals surface area contributed by atoms with Gasteiger partial charge >= 0.3 is 0 Å². The second-order valence-corrected chi connectivity index (χ2v) is 4.03. The average molecular weight is 239 g/mol. The van der Waals surface area contributed by atoms with Gasteiger partial charge in [-0.15, -0.1) is 0 Å². The van der Waals surface area contributed by atoms with Crippen molar-refractivity contribution in [3.63, 3.8) is 0 Å². The third kappa shape index (κ3) is 2.17. The van der Waals surface area contributed by atoms with Crippen molar-refractivity contribution in [3.05, 3.63) is 28.8 Å². The number of aldehydes is 1. The zero-order valence-electron chi connectivity index (χ0n) is 8.57. The van der Waals surface area contributed by atoms with Crippen molar-refractivity contribution >= 4 is 29.5 Å². The van der Waals surface area contributed by atoms with E-state index in [1.807, 2.05) is 4.90 Å². The third-order valence-corrected chi connectivity index (χ3v) is 2.73. The molecule has 1 aromatic carbocycles. The van der Waals surface area contributed by atoms with Crippen molar-refractivity contribution in [3.8, 4) is 0 Å². The number of hydrogen-bond acceptors (Lipinski definition) is 3. The largest absolute Gasteiger partial charge is 0.360 e. The summed E-state index contributed by atoms with van der Waals surface area (Å²) >= 11 is 5.81. The second-order valence-electron chi connectivity index (χ2n) is 3.59. The predicted molar refractivity (Wildman–Crippen MR) is 62.1 cm³/mol. The van der Waals surface area contributed by atoms with Crippen LogP contribution in [0.3, 0.4) is 0 Å². The van der Waals surface area contributed by atoms with Gasteiger partial charge in [0.05, 0.1) is 6.54 Å². The normalized spacial score (nSPS) is 15.8. The first kappa shape index (κ1) is 11.0. The van der Waals surface area contributed by atoms with E-state index in [1.54, 1.807) is 18.2 Å². The molecule has 0 aliphatic carbocycles. The van der Waals surface area contributed by atoms with Crippen molar-refractivity contribution in [1.29, 1.82) is 0 Å². The maximum atomic E-state index is 11.2. The van der Waals surface area contributed by atoms with Gasteiger partial charge in [0, 0.05) is 29.4 Å². The first-order valence-electron chi connectivity index (χ1n) is 4.97. The van der Waals surface area contributed by atoms with E-state index < -0.39 is 0 Å². The maximum absolute atomic E-state index is 11.2. The molecule has 5 heteroatoms. The fourth-order valence-electron chi connectivity index (χ4n) is 1.75. The molecule has 16 heavy (non-hydrogen) atoms. The molecular formula is C11H11ClN2O2. The number of piperazine rings is 1. The molecule has 1 aromatic rings. The molecule has 1 heterocycles. The van der Waals surface area contributed by atoms with Gasteiger partial charge in [-0.25, -0.2) is 0 Å². The summed E-state index contributed by atoms with van der Waals surface area (Å²) < 4.78 is 0. The SMILES string of the molecule is O=Cc1cc(Cl)ccc1N1CCNC(=O)C1. The molecule has 2 rings (SSSR count). The Bertz CT molecular complexity index is 434. The Morgan fingerprint density at radius 3 is 2.94 bits per heavy atom. The van der Waals surface area contributed by atoms with Crippen LogP contribution in [0.15, 0.2) is 18.2 Å². The van der Waals surface area contributed by atoms with Crippen molar-refractivity contribution in [2.24, 2.45) is 0 Å². The second kappa shape index (κ2) is 4.53. The van der Waals surface area contributed by atoms with E-state index in [2.05, 4.69) is 5.32 Å². The molecule has 0 radical (unpaired) electrons. The number of carbonyl (C=O) groups excluding carboxylic acids is 2. The highest BCUT2D eigenvalue weighted by atomic mass is 35.5. The van der Waals surface area contributed by atoms with Crippen LogP contribution in [-0.2, 0) is 4.79 Å². The van der Waals surface area contributed by atoms with E-state index in [4.69, 9.17) is 11.6 Å². The lowest BCUT2D eigenvalue weighted by Gasteiger charge is -2.29. The lowest BCUT2D eigenvalue weighted by Crippen LogP contribution is -2.48. The Morgan fingerprint density at radius 2 is 2.25 bits per heavy atom. The minimum atomic E-state index is -0.0296. The minimum Gasteiger partial charge on any atom is -0.360 e. The first-order chi connectivity index (χ1) is 7.70. The van der Waals surface area contributed by atoms with Crippen molar-refractivity contribution < 1.29 is 9.59 Å². The highest BCUT2D eigenvalue weighted by molar-refractivity contribution is 6.31. The molecule has 1 fully saturated rings. The third-order valence-electron chi connectivity index (χ3n) is 2.50. The number of nitrogens with zero attached hydrogens (tertiary/aromatic N) is 1. The van der Waals surface area contributed by atoms with Crippen LogP contribution in [0.4, 0.5) is 5.69 Å². The Balaban J connectivity index is 2.31. The molecule has 0 unspecified atom stereocenters. The molecule has 1 saturated heterocycles. The smallest absolute Gasteiger partial charge is 0.239 e. The summed E-state index contributed by atoms with van der Waals surface area (Å²) in [6.45, 7) is 1.58. The van der Waals surface area contributed by atoms with Gasteiger partial charge in [0.25, 0.3) is 0 Å². The standard InChI is InChI=1S/C11H11ClN2O2/c12-9-1-2-10(8(5-9)7-15)14-4-3-13-11(16)6-14/h1-2,5,7H,3-4,6H2,(H,13,16). The van der Waals surface area contributed by atoms with Gasteiger partial charge in [-0.2, -0.15) is 0 Å². The van der Waals surface area contributed by atoms with Gasteiger partial charge in [-0.05, 0) is 18.2 Å². The highest BCUT2D eigenvalue weighted by Crippen LogP contribution is 2.23. The van der Waals surface area contributed by atoms with Crippen LogP contribution in [0.5, 0.6) is 0 Å². The van der Waals surface area contributed by atoms with E-state index in [9.17, 15) is 9.59 Å². The topological polar surface area (TPSA) is 49.4 Å². The van der Waals surface area contributed by atoms with Crippen molar-refractivity contribution in [2.45, 2.75) is 0 Å². The molecule has 1 amide bonds. The van der Waals surface area contributed by atoms with Crippen LogP contribution in [-0.4, -0.2) is 31.8 Å². The number of hydrogen-bond donors (Lipinski definition) is 1. The summed E-state index contributed by atoms with van der Waals surface area (Å²) in [6, 6.07) is 5.09. The van der Waals surface area contributed by atoms with E-state index in [0.29, 0.717) is 23.7 Å². The van der Waals surface area contributed by atoms with Crippen LogP contribution in [0.25, 0.3) is 0 Å². The molecule has 0 atom stereocenters. The number of amides is 1. The number of carbonyl (C=O) groups is 2. The molecule has 1 aliphatic rings. The molecule has 0 aromatic heterocycles. The number of nitrogens with one attached hydrogen (secondary N) is 1. The van der Waals surface area contributed by atoms with Gasteiger partial charge in [0.2, 0.25) is 5.91 Å². The van der Waals surface area contributed by atoms with Crippen molar-refractivity contribution in [2.75, 3.05) is 24.5 Å². The van der Waals surface area contributed by atoms with Gasteiger partial charge < -0.3 is 10.2 Å². The Morgan fingerprint density at radius 1 is 1.44 bits per heavy atom. The van der Waals surface area contributed by atoms with Crippen LogP contribution >= 0.6 is 11.6 Å². The van der Waals surface area contributed by atoms with E-state index in [1.165, 1.54) is 0 Å². The maximum Gasteiger partial charge on any atom is 0.239 e. The highest BCUT2D eigenvalue weighted by Gasteiger charge is 2.18. The quantitative estimate of drug-likeness (QED) is 0.785. The molecule has 0 spiro atoms. The molecule has 4 nitrogen and oxygen atoms in total. The molecule has 0 bridgehead atoms. The Labute approximate surface area is 98.2 Å². The summed E-state index contributed by atoms with van der Waals surface area (Å²) in [7, 11) is 0. The summed E-state index contributed by atoms with van der Waals surface area (Å²) in [5, 5.41) is 3.26. The average Bonchev–Trinajstić information content (AvgIpc) is 2.28. The zero-order valence-corrected chi connectivity index (χ0v) is 9.33. The predicted octanol–water partition coefficient (Wildman–Crippen LogP) is 1.09. The fraction of sp³-hybridized carbons (Fsp3) is 0.273. The summed E-state index contributed by atoms with van der Waals surface area (Å²) in [4.78, 5) is 24.0. The number of rotatable bonds is 2. The van der Waals surface area contributed by atoms with Crippen LogP contribution in [0, 0.1) is 0 Å². The van der Waals surface area contributed by atoms with Gasteiger partial charge in [-0.1, -0.05) is 11.6 Å². The van der Waals surface area contributed by atoms with Gasteiger partial charge in [0.1, 0.15) is 0 Å². The molecule has 84 valence electrons. The lowest BCUT2D eigenvalue weighted by molar-refractivity contribution is -0.120. The molecule has 0 saturated carbocycles. The fourth-order valence-corrected chi connectivity index (χ4v) is 1.93. The Kier molecular flexibility index (Phi) is 3.10. The molecule has 1 aliphatic heterocycles. The van der Waals surface area contributed by atoms with Crippen LogP contribution in [0.1, 0.15) is 10.4 Å². The minimum absolute atomic E-state index is 0.0296. The zero-order chi connectivity index (χ0) is 11.5.